The number of nitrogens with zero attached hydrogens (tertiary/aromatic N) is 2. The summed E-state index contributed by atoms with van der Waals surface area (Å²) in [5.74, 6) is -0.0394. The molecule has 6 heteroatoms. The fraction of sp³-hybridized carbons (Fsp3) is 0.778. The molecule has 0 heterocycles. The number of rotatable bonds is 2. The third kappa shape index (κ3) is 24.6. The third-order valence-corrected chi connectivity index (χ3v) is 0.874. The van der Waals surface area contributed by atoms with E-state index in [1.165, 1.54) is 13.8 Å². The Morgan fingerprint density at radius 3 is 1.40 bits per heavy atom. The summed E-state index contributed by atoms with van der Waals surface area (Å²) in [6, 6.07) is 0. The molecule has 0 aromatic heterocycles. The molecule has 0 fully saturated rings. The average Bonchev–Trinajstić information content (AvgIpc) is 1.76. The van der Waals surface area contributed by atoms with Gasteiger partial charge in [-0.2, -0.15) is 0 Å². The highest BCUT2D eigenvalue weighted by molar-refractivity contribution is 5.72. The molecular formula is C9H23N4O2+. The van der Waals surface area contributed by atoms with Crippen LogP contribution in [0.25, 0.3) is 0 Å². The van der Waals surface area contributed by atoms with Crippen LogP contribution in [0.15, 0.2) is 0 Å². The van der Waals surface area contributed by atoms with E-state index < -0.39 is 0 Å². The minimum Gasteiger partial charge on any atom is -0.290 e. The number of quaternary nitrogens is 1. The summed E-state index contributed by atoms with van der Waals surface area (Å²) in [6.45, 7) is 2.98. The lowest BCUT2D eigenvalue weighted by molar-refractivity contribution is -0.906. The molecule has 0 saturated carbocycles. The first-order valence-electron chi connectivity index (χ1n) is 4.59. The Morgan fingerprint density at radius 2 is 1.40 bits per heavy atom. The summed E-state index contributed by atoms with van der Waals surface area (Å²) >= 11 is 0. The lowest BCUT2D eigenvalue weighted by Gasteiger charge is -2.22. The van der Waals surface area contributed by atoms with Gasteiger partial charge >= 0.3 is 0 Å². The molecule has 90 valence electrons. The summed E-state index contributed by atoms with van der Waals surface area (Å²) in [5.41, 5.74) is 5.18. The van der Waals surface area contributed by atoms with Crippen LogP contribution in [0.2, 0.25) is 0 Å². The van der Waals surface area contributed by atoms with Crippen LogP contribution in [-0.2, 0) is 9.59 Å². The lowest BCUT2D eigenvalue weighted by atomic mass is 10.7. The van der Waals surface area contributed by atoms with E-state index in [-0.39, 0.29) is 11.8 Å². The predicted octanol–water partition coefficient (Wildman–Crippen LogP) is -0.657. The maximum absolute atomic E-state index is 10.3. The molecule has 2 N–H and O–H groups in total. The maximum Gasteiger partial charge on any atom is 0.261 e. The monoisotopic (exact) mass is 219 g/mol. The minimum atomic E-state index is -0.0370. The van der Waals surface area contributed by atoms with Crippen LogP contribution in [0, 0.1) is 0 Å². The highest BCUT2D eigenvalue weighted by Crippen LogP contribution is 1.78. The van der Waals surface area contributed by atoms with Crippen molar-refractivity contribution in [2.24, 2.45) is 0 Å². The molecule has 0 aromatic carbocycles. The lowest BCUT2D eigenvalue weighted by Crippen LogP contribution is -2.50. The van der Waals surface area contributed by atoms with Crippen LogP contribution in [-0.4, -0.2) is 56.7 Å². The first-order valence-corrected chi connectivity index (χ1v) is 4.59. The Bertz CT molecular complexity index is 209. The summed E-state index contributed by atoms with van der Waals surface area (Å²) in [6.07, 6.45) is 0. The zero-order chi connectivity index (χ0) is 12.6. The van der Waals surface area contributed by atoms with Crippen molar-refractivity contribution < 1.29 is 14.2 Å². The number of amides is 2. The number of carbonyl (C=O) groups excluding carboxylic acids is 2. The van der Waals surface area contributed by atoms with Gasteiger partial charge in [0, 0.05) is 27.9 Å². The summed E-state index contributed by atoms with van der Waals surface area (Å²) < 4.78 is 0.481. The molecule has 0 aromatic rings. The number of hydrazine groups is 1. The molecule has 15 heavy (non-hydrogen) atoms. The van der Waals surface area contributed by atoms with E-state index in [9.17, 15) is 9.59 Å². The molecule has 0 atom stereocenters. The number of hydrogen-bond donors (Lipinski definition) is 2. The van der Waals surface area contributed by atoms with Crippen molar-refractivity contribution in [2.75, 3.05) is 35.2 Å². The molecule has 0 radical (unpaired) electrons. The van der Waals surface area contributed by atoms with Crippen molar-refractivity contribution in [1.82, 2.24) is 15.9 Å². The van der Waals surface area contributed by atoms with E-state index in [1.54, 1.807) is 19.1 Å². The van der Waals surface area contributed by atoms with Crippen molar-refractivity contribution in [3.63, 3.8) is 0 Å². The van der Waals surface area contributed by atoms with Gasteiger partial charge in [0.15, 0.2) is 0 Å². The molecule has 0 aliphatic rings. The van der Waals surface area contributed by atoms with Gasteiger partial charge in [-0.05, 0) is 0 Å². The van der Waals surface area contributed by atoms with E-state index in [4.69, 9.17) is 0 Å². The number of nitrogens with one attached hydrogen (secondary N) is 2. The zero-order valence-corrected chi connectivity index (χ0v) is 10.7. The fourth-order valence-corrected chi connectivity index (χ4v) is 0.787. The highest BCUT2D eigenvalue weighted by Gasteiger charge is 2.06. The summed E-state index contributed by atoms with van der Waals surface area (Å²) in [7, 11) is 9.20. The molecule has 2 amide bonds. The number of carbonyl (C=O) groups is 2. The SMILES string of the molecule is CC(=O)NN(C)C.CC(=O)N[N+](C)(C)C. The van der Waals surface area contributed by atoms with Gasteiger partial charge in [-0.25, -0.2) is 15.0 Å². The van der Waals surface area contributed by atoms with E-state index >= 15 is 0 Å². The Hall–Kier alpha value is -1.14. The van der Waals surface area contributed by atoms with Crippen LogP contribution >= 0.6 is 0 Å². The summed E-state index contributed by atoms with van der Waals surface area (Å²) in [5, 5.41) is 1.60. The smallest absolute Gasteiger partial charge is 0.261 e. The van der Waals surface area contributed by atoms with Crippen LogP contribution in [0.5, 0.6) is 0 Å². The van der Waals surface area contributed by atoms with Crippen LogP contribution in [0.4, 0.5) is 0 Å². The van der Waals surface area contributed by atoms with E-state index in [0.717, 1.165) is 0 Å². The van der Waals surface area contributed by atoms with Crippen molar-refractivity contribution in [2.45, 2.75) is 13.8 Å². The number of hydrogen-bond acceptors (Lipinski definition) is 3. The van der Waals surface area contributed by atoms with E-state index in [1.807, 2.05) is 21.1 Å². The molecular weight excluding hydrogens is 196 g/mol. The standard InChI is InChI=1S/C5H12N2O.C4H10N2O/c1-5(8)6-7(2,3)4;1-4(7)5-6(2)3/h1-4H3;1-3H3,(H,5,7)/p+1. The van der Waals surface area contributed by atoms with Crippen molar-refractivity contribution in [3.8, 4) is 0 Å². The Morgan fingerprint density at radius 1 is 1.00 bits per heavy atom. The second kappa shape index (κ2) is 7.19. The highest BCUT2D eigenvalue weighted by atomic mass is 16.2. The fourth-order valence-electron chi connectivity index (χ4n) is 0.787. The van der Waals surface area contributed by atoms with Gasteiger partial charge in [-0.15, -0.1) is 0 Å². The zero-order valence-electron chi connectivity index (χ0n) is 10.7. The van der Waals surface area contributed by atoms with Gasteiger partial charge in [0.05, 0.1) is 21.1 Å². The van der Waals surface area contributed by atoms with Gasteiger partial charge in [-0.1, -0.05) is 0 Å². The topological polar surface area (TPSA) is 61.4 Å². The first kappa shape index (κ1) is 16.3. The maximum atomic E-state index is 10.3. The first-order chi connectivity index (χ1) is 6.54. The van der Waals surface area contributed by atoms with E-state index in [2.05, 4.69) is 10.9 Å². The molecule has 0 bridgehead atoms. The van der Waals surface area contributed by atoms with Crippen LogP contribution in [0.1, 0.15) is 13.8 Å². The molecule has 0 aliphatic carbocycles. The van der Waals surface area contributed by atoms with Gasteiger partial charge in [-0.3, -0.25) is 15.0 Å². The second-order valence-corrected chi connectivity index (χ2v) is 4.24. The summed E-state index contributed by atoms with van der Waals surface area (Å²) in [4.78, 5) is 20.4. The van der Waals surface area contributed by atoms with Crippen molar-refractivity contribution >= 4 is 11.8 Å². The van der Waals surface area contributed by atoms with Crippen LogP contribution < -0.4 is 10.9 Å². The van der Waals surface area contributed by atoms with Crippen molar-refractivity contribution in [3.05, 3.63) is 0 Å². The van der Waals surface area contributed by atoms with E-state index in [0.29, 0.717) is 4.59 Å². The van der Waals surface area contributed by atoms with Gasteiger partial charge < -0.3 is 0 Å². The molecule has 0 spiro atoms. The Balaban J connectivity index is 0. The quantitative estimate of drug-likeness (QED) is 0.479. The Labute approximate surface area is 91.8 Å². The second-order valence-electron chi connectivity index (χ2n) is 4.24. The van der Waals surface area contributed by atoms with Crippen molar-refractivity contribution in [1.29, 1.82) is 0 Å². The van der Waals surface area contributed by atoms with Gasteiger partial charge in [0.25, 0.3) is 5.91 Å². The molecule has 0 unspecified atom stereocenters. The third-order valence-electron chi connectivity index (χ3n) is 0.874. The van der Waals surface area contributed by atoms with Crippen LogP contribution in [0.3, 0.4) is 0 Å². The molecule has 6 nitrogen and oxygen atoms in total. The minimum absolute atomic E-state index is 0.00231. The molecule has 0 aliphatic heterocycles. The normalized spacial score (nSPS) is 10.1. The van der Waals surface area contributed by atoms with Gasteiger partial charge in [0.2, 0.25) is 5.91 Å². The molecule has 0 saturated heterocycles. The average molecular weight is 219 g/mol. The largest absolute Gasteiger partial charge is 0.290 e. The molecule has 0 rings (SSSR count). The Kier molecular flexibility index (Phi) is 7.81. The van der Waals surface area contributed by atoms with Gasteiger partial charge in [0.1, 0.15) is 0 Å². The predicted molar refractivity (Wildman–Crippen MR) is 59.4 cm³/mol.